The molecule has 0 aliphatic rings. The summed E-state index contributed by atoms with van der Waals surface area (Å²) in [5.41, 5.74) is 2.11. The van der Waals surface area contributed by atoms with Crippen LogP contribution in [0.25, 0.3) is 21.7 Å². The van der Waals surface area contributed by atoms with E-state index in [2.05, 4.69) is 10.3 Å². The molecule has 3 aromatic carbocycles. The molecule has 0 aliphatic heterocycles. The van der Waals surface area contributed by atoms with E-state index in [1.165, 1.54) is 11.3 Å². The lowest BCUT2D eigenvalue weighted by Crippen LogP contribution is -2.14. The minimum absolute atomic E-state index is 0.252. The molecular weight excluding hydrogens is 444 g/mol. The highest BCUT2D eigenvalue weighted by atomic mass is 32.1. The number of non-ortho nitro benzene ring substituents is 1. The Hall–Kier alpha value is -4.44. The van der Waals surface area contributed by atoms with Gasteiger partial charge in [0.25, 0.3) is 17.3 Å². The summed E-state index contributed by atoms with van der Waals surface area (Å²) in [6, 6.07) is 20.2. The lowest BCUT2D eigenvalue weighted by molar-refractivity contribution is -0.394. The first-order valence-electron chi connectivity index (χ1n) is 9.71. The highest BCUT2D eigenvalue weighted by Crippen LogP contribution is 2.39. The van der Waals surface area contributed by atoms with Crippen molar-refractivity contribution < 1.29 is 14.6 Å². The predicted octanol–water partition coefficient (Wildman–Crippen LogP) is 5.85. The Balaban J connectivity index is 1.73. The first-order valence-corrected chi connectivity index (χ1v) is 10.5. The van der Waals surface area contributed by atoms with Gasteiger partial charge in [-0.15, -0.1) is 0 Å². The van der Waals surface area contributed by atoms with Crippen LogP contribution in [0, 0.1) is 27.2 Å². The highest BCUT2D eigenvalue weighted by Gasteiger charge is 2.25. The van der Waals surface area contributed by atoms with E-state index in [1.54, 1.807) is 0 Å². The van der Waals surface area contributed by atoms with Gasteiger partial charge in [-0.1, -0.05) is 71.5 Å². The van der Waals surface area contributed by atoms with Gasteiger partial charge >= 0.3 is 0 Å². The number of anilines is 1. The second-order valence-corrected chi connectivity index (χ2v) is 8.10. The van der Waals surface area contributed by atoms with Crippen molar-refractivity contribution in [2.75, 3.05) is 5.32 Å². The van der Waals surface area contributed by atoms with Crippen molar-refractivity contribution in [1.82, 2.24) is 4.98 Å². The summed E-state index contributed by atoms with van der Waals surface area (Å²) in [5.74, 6) is -0.777. The van der Waals surface area contributed by atoms with Crippen LogP contribution in [0.2, 0.25) is 0 Å². The average Bonchev–Trinajstić information content (AvgIpc) is 3.23. The number of benzene rings is 3. The summed E-state index contributed by atoms with van der Waals surface area (Å²) < 4.78 is 0. The van der Waals surface area contributed by atoms with Gasteiger partial charge in [-0.05, 0) is 18.6 Å². The number of thiazole rings is 1. The number of aromatic nitrogens is 1. The largest absolute Gasteiger partial charge is 0.298 e. The first kappa shape index (κ1) is 21.8. The molecule has 10 heteroatoms. The Morgan fingerprint density at radius 1 is 0.909 bits per heavy atom. The van der Waals surface area contributed by atoms with Gasteiger partial charge in [0.2, 0.25) is 0 Å². The highest BCUT2D eigenvalue weighted by molar-refractivity contribution is 7.19. The smallest absolute Gasteiger partial charge is 0.289 e. The number of rotatable bonds is 6. The van der Waals surface area contributed by atoms with Gasteiger partial charge in [0.05, 0.1) is 26.5 Å². The van der Waals surface area contributed by atoms with Crippen LogP contribution in [0.15, 0.2) is 72.8 Å². The Kier molecular flexibility index (Phi) is 5.92. The monoisotopic (exact) mass is 460 g/mol. The lowest BCUT2D eigenvalue weighted by Gasteiger charge is -2.03. The van der Waals surface area contributed by atoms with Gasteiger partial charge in [-0.2, -0.15) is 0 Å². The molecule has 164 valence electrons. The van der Waals surface area contributed by atoms with Crippen LogP contribution >= 0.6 is 11.3 Å². The van der Waals surface area contributed by atoms with E-state index in [4.69, 9.17) is 0 Å². The van der Waals surface area contributed by atoms with Crippen molar-refractivity contribution in [3.8, 4) is 21.7 Å². The molecule has 0 fully saturated rings. The quantitative estimate of drug-likeness (QED) is 0.284. The summed E-state index contributed by atoms with van der Waals surface area (Å²) in [4.78, 5) is 39.0. The van der Waals surface area contributed by atoms with E-state index in [-0.39, 0.29) is 10.7 Å². The number of nitro benzene ring substituents is 2. The van der Waals surface area contributed by atoms with Crippen LogP contribution < -0.4 is 5.32 Å². The number of carbonyl (C=O) groups is 1. The van der Waals surface area contributed by atoms with Gasteiger partial charge in [0.15, 0.2) is 5.13 Å². The van der Waals surface area contributed by atoms with Crippen molar-refractivity contribution in [2.24, 2.45) is 0 Å². The molecule has 0 saturated heterocycles. The minimum atomic E-state index is -0.823. The zero-order valence-electron chi connectivity index (χ0n) is 17.2. The molecule has 0 radical (unpaired) electrons. The Bertz CT molecular complexity index is 1370. The fourth-order valence-corrected chi connectivity index (χ4v) is 4.20. The van der Waals surface area contributed by atoms with E-state index in [9.17, 15) is 25.0 Å². The number of aryl methyl sites for hydroxylation is 1. The van der Waals surface area contributed by atoms with Crippen LogP contribution in [0.3, 0.4) is 0 Å². The predicted molar refractivity (Wildman–Crippen MR) is 125 cm³/mol. The number of nitrogens with one attached hydrogen (secondary N) is 1. The molecule has 4 aromatic rings. The van der Waals surface area contributed by atoms with Crippen LogP contribution in [0.1, 0.15) is 15.9 Å². The fraction of sp³-hybridized carbons (Fsp3) is 0.0435. The molecule has 1 aromatic heterocycles. The van der Waals surface area contributed by atoms with Gasteiger partial charge < -0.3 is 0 Å². The van der Waals surface area contributed by atoms with Crippen molar-refractivity contribution >= 4 is 33.8 Å². The summed E-state index contributed by atoms with van der Waals surface area (Å²) in [5, 5.41) is 25.2. The number of nitro groups is 2. The van der Waals surface area contributed by atoms with Crippen molar-refractivity contribution in [3.05, 3.63) is 104 Å². The zero-order chi connectivity index (χ0) is 23.5. The molecule has 1 N–H and O–H groups in total. The normalized spacial score (nSPS) is 10.6. The zero-order valence-corrected chi connectivity index (χ0v) is 18.0. The Morgan fingerprint density at radius 3 is 2.24 bits per heavy atom. The van der Waals surface area contributed by atoms with Gasteiger partial charge in [-0.3, -0.25) is 30.3 Å². The minimum Gasteiger partial charge on any atom is -0.298 e. The van der Waals surface area contributed by atoms with Crippen LogP contribution in [-0.2, 0) is 0 Å². The molecule has 0 unspecified atom stereocenters. The van der Waals surface area contributed by atoms with Crippen molar-refractivity contribution in [2.45, 2.75) is 6.92 Å². The number of hydrogen-bond acceptors (Lipinski definition) is 7. The molecular formula is C23H16N4O5S. The van der Waals surface area contributed by atoms with Crippen molar-refractivity contribution in [1.29, 1.82) is 0 Å². The molecule has 4 rings (SSSR count). The SMILES string of the molecule is Cc1ccc(-c2nc(NC(=O)c3ccc([N+](=O)[O-])cc3[N+](=O)[O-])sc2-c2ccccc2)cc1. The summed E-state index contributed by atoms with van der Waals surface area (Å²) in [6.07, 6.45) is 0. The number of amides is 1. The van der Waals surface area contributed by atoms with Gasteiger partial charge in [-0.25, -0.2) is 4.98 Å². The average molecular weight is 460 g/mol. The second-order valence-electron chi connectivity index (χ2n) is 7.10. The van der Waals surface area contributed by atoms with Crippen LogP contribution in [0.5, 0.6) is 0 Å². The number of carbonyl (C=O) groups excluding carboxylic acids is 1. The fourth-order valence-electron chi connectivity index (χ4n) is 3.21. The van der Waals surface area contributed by atoms with E-state index in [1.807, 2.05) is 61.5 Å². The Labute approximate surface area is 191 Å². The van der Waals surface area contributed by atoms with Gasteiger partial charge in [0.1, 0.15) is 5.56 Å². The van der Waals surface area contributed by atoms with E-state index < -0.39 is 27.1 Å². The molecule has 1 heterocycles. The maximum Gasteiger partial charge on any atom is 0.289 e. The third kappa shape index (κ3) is 4.60. The van der Waals surface area contributed by atoms with E-state index in [0.717, 1.165) is 39.8 Å². The molecule has 9 nitrogen and oxygen atoms in total. The van der Waals surface area contributed by atoms with E-state index in [0.29, 0.717) is 5.69 Å². The molecule has 0 spiro atoms. The number of hydrogen-bond donors (Lipinski definition) is 1. The van der Waals surface area contributed by atoms with Crippen molar-refractivity contribution in [3.63, 3.8) is 0 Å². The third-order valence-electron chi connectivity index (χ3n) is 4.84. The van der Waals surface area contributed by atoms with Crippen LogP contribution in [-0.4, -0.2) is 20.7 Å². The van der Waals surface area contributed by atoms with E-state index >= 15 is 0 Å². The maximum atomic E-state index is 12.8. The topological polar surface area (TPSA) is 128 Å². The standard InChI is InChI=1S/C23H16N4O5S/c1-14-7-9-15(10-8-14)20-21(16-5-3-2-4-6-16)33-23(24-20)25-22(28)18-12-11-17(26(29)30)13-19(18)27(31)32/h2-13H,1H3,(H,24,25,28). The molecule has 0 saturated carbocycles. The first-order chi connectivity index (χ1) is 15.8. The summed E-state index contributed by atoms with van der Waals surface area (Å²) in [6.45, 7) is 1.98. The summed E-state index contributed by atoms with van der Waals surface area (Å²) in [7, 11) is 0. The molecule has 1 amide bonds. The van der Waals surface area contributed by atoms with Crippen LogP contribution in [0.4, 0.5) is 16.5 Å². The summed E-state index contributed by atoms with van der Waals surface area (Å²) >= 11 is 1.24. The number of nitrogens with zero attached hydrogens (tertiary/aromatic N) is 3. The lowest BCUT2D eigenvalue weighted by atomic mass is 10.1. The Morgan fingerprint density at radius 2 is 1.61 bits per heavy atom. The molecule has 0 bridgehead atoms. The molecule has 0 atom stereocenters. The second kappa shape index (κ2) is 8.97. The van der Waals surface area contributed by atoms with Gasteiger partial charge in [0, 0.05) is 11.6 Å². The maximum absolute atomic E-state index is 12.8. The molecule has 0 aliphatic carbocycles. The third-order valence-corrected chi connectivity index (χ3v) is 5.86. The molecule has 33 heavy (non-hydrogen) atoms.